The number of methoxy groups -OCH3 is 1. The third kappa shape index (κ3) is 6.59. The Hall–Kier alpha value is -4.33. The molecule has 0 spiro atoms. The second kappa shape index (κ2) is 13.6. The SMILES string of the molecule is CC[C@H](C(=O)N1CCN(c2ccc(NC(=O)c3cccc(OC)c3)cc2C(=O)N2CCCCC2)CC1)c1ccccc1. The van der Waals surface area contributed by atoms with Crippen LogP contribution in [0.2, 0.25) is 0 Å². The molecular weight excluding hydrogens is 528 g/mol. The van der Waals surface area contributed by atoms with E-state index in [1.165, 1.54) is 0 Å². The van der Waals surface area contributed by atoms with E-state index >= 15 is 0 Å². The molecule has 3 aromatic carbocycles. The Labute approximate surface area is 248 Å². The van der Waals surface area contributed by atoms with Gasteiger partial charge >= 0.3 is 0 Å². The van der Waals surface area contributed by atoms with Crippen LogP contribution < -0.4 is 15.0 Å². The molecule has 2 saturated heterocycles. The second-order valence-corrected chi connectivity index (χ2v) is 11.0. The molecule has 8 heteroatoms. The first-order valence-corrected chi connectivity index (χ1v) is 15.0. The molecule has 0 saturated carbocycles. The average Bonchev–Trinajstić information content (AvgIpc) is 3.05. The molecule has 1 atom stereocenters. The van der Waals surface area contributed by atoms with Gasteiger partial charge in [0.25, 0.3) is 11.8 Å². The van der Waals surface area contributed by atoms with E-state index in [0.29, 0.717) is 48.7 Å². The van der Waals surface area contributed by atoms with Gasteiger partial charge in [-0.15, -0.1) is 0 Å². The van der Waals surface area contributed by atoms with Crippen molar-refractivity contribution in [1.29, 1.82) is 0 Å². The molecule has 0 aliphatic carbocycles. The van der Waals surface area contributed by atoms with Crippen molar-refractivity contribution >= 4 is 29.1 Å². The number of carbonyl (C=O) groups is 3. The first-order valence-electron chi connectivity index (χ1n) is 15.0. The number of piperazine rings is 1. The van der Waals surface area contributed by atoms with Crippen molar-refractivity contribution in [2.75, 3.05) is 56.6 Å². The summed E-state index contributed by atoms with van der Waals surface area (Å²) >= 11 is 0. The number of hydrogen-bond donors (Lipinski definition) is 1. The summed E-state index contributed by atoms with van der Waals surface area (Å²) in [7, 11) is 1.56. The van der Waals surface area contributed by atoms with Crippen molar-refractivity contribution in [2.24, 2.45) is 0 Å². The van der Waals surface area contributed by atoms with E-state index in [1.54, 1.807) is 37.4 Å². The number of piperidine rings is 1. The summed E-state index contributed by atoms with van der Waals surface area (Å²) in [5.74, 6) is 0.320. The van der Waals surface area contributed by atoms with Gasteiger partial charge in [0.05, 0.1) is 18.6 Å². The van der Waals surface area contributed by atoms with Gasteiger partial charge in [0.2, 0.25) is 5.91 Å². The van der Waals surface area contributed by atoms with Crippen molar-refractivity contribution in [3.63, 3.8) is 0 Å². The van der Waals surface area contributed by atoms with Gasteiger partial charge in [-0.05, 0) is 67.6 Å². The van der Waals surface area contributed by atoms with Crippen molar-refractivity contribution in [2.45, 2.75) is 38.5 Å². The molecule has 0 bridgehead atoms. The van der Waals surface area contributed by atoms with E-state index in [1.807, 2.05) is 52.3 Å². The summed E-state index contributed by atoms with van der Waals surface area (Å²) in [5, 5.41) is 2.96. The summed E-state index contributed by atoms with van der Waals surface area (Å²) in [6.45, 7) is 5.97. The van der Waals surface area contributed by atoms with Crippen LogP contribution in [0.3, 0.4) is 0 Å². The number of anilines is 2. The van der Waals surface area contributed by atoms with E-state index < -0.39 is 0 Å². The highest BCUT2D eigenvalue weighted by Gasteiger charge is 2.30. The molecular formula is C34H40N4O4. The number of benzene rings is 3. The van der Waals surface area contributed by atoms with Gasteiger partial charge in [-0.25, -0.2) is 0 Å². The summed E-state index contributed by atoms with van der Waals surface area (Å²) < 4.78 is 5.26. The van der Waals surface area contributed by atoms with E-state index in [-0.39, 0.29) is 23.6 Å². The Kier molecular flexibility index (Phi) is 9.41. The summed E-state index contributed by atoms with van der Waals surface area (Å²) in [5.41, 5.74) is 3.51. The minimum absolute atomic E-state index is 0.0178. The van der Waals surface area contributed by atoms with Gasteiger partial charge in [0.1, 0.15) is 5.75 Å². The molecule has 0 aromatic heterocycles. The van der Waals surface area contributed by atoms with Gasteiger partial charge in [-0.1, -0.05) is 43.3 Å². The molecule has 5 rings (SSSR count). The highest BCUT2D eigenvalue weighted by molar-refractivity contribution is 6.06. The standard InChI is InChI=1S/C34H40N4O4/c1-3-29(25-11-6-4-7-12-25)33(40)38-21-19-36(20-22-38)31-16-15-27(24-30(31)34(41)37-17-8-5-9-18-37)35-32(39)26-13-10-14-28(23-26)42-2/h4,6-7,10-16,23-24,29H,3,5,8-9,17-22H2,1-2H3,(H,35,39)/t29-/m0/s1. The summed E-state index contributed by atoms with van der Waals surface area (Å²) in [6, 6.07) is 22.5. The zero-order chi connectivity index (χ0) is 29.5. The fourth-order valence-electron chi connectivity index (χ4n) is 5.92. The lowest BCUT2D eigenvalue weighted by atomic mass is 9.94. The van der Waals surface area contributed by atoms with Crippen LogP contribution in [-0.2, 0) is 4.79 Å². The van der Waals surface area contributed by atoms with E-state index in [4.69, 9.17) is 4.74 Å². The van der Waals surface area contributed by atoms with Gasteiger partial charge in [-0.2, -0.15) is 0 Å². The number of ether oxygens (including phenoxy) is 1. The molecule has 3 aromatic rings. The molecule has 42 heavy (non-hydrogen) atoms. The number of carbonyl (C=O) groups excluding carboxylic acids is 3. The van der Waals surface area contributed by atoms with Gasteiger partial charge in [-0.3, -0.25) is 14.4 Å². The zero-order valence-corrected chi connectivity index (χ0v) is 24.6. The minimum atomic E-state index is -0.269. The molecule has 0 radical (unpaired) electrons. The molecule has 220 valence electrons. The number of amides is 3. The molecule has 0 unspecified atom stereocenters. The highest BCUT2D eigenvalue weighted by Crippen LogP contribution is 2.30. The van der Waals surface area contributed by atoms with Crippen LogP contribution in [0.15, 0.2) is 72.8 Å². The summed E-state index contributed by atoms with van der Waals surface area (Å²) in [6.07, 6.45) is 3.87. The van der Waals surface area contributed by atoms with Crippen LogP contribution in [0.4, 0.5) is 11.4 Å². The summed E-state index contributed by atoms with van der Waals surface area (Å²) in [4.78, 5) is 46.4. The largest absolute Gasteiger partial charge is 0.497 e. The maximum Gasteiger partial charge on any atom is 0.256 e. The van der Waals surface area contributed by atoms with Crippen molar-refractivity contribution in [3.8, 4) is 5.75 Å². The van der Waals surface area contributed by atoms with Gasteiger partial charge in [0, 0.05) is 56.2 Å². The van der Waals surface area contributed by atoms with Crippen molar-refractivity contribution < 1.29 is 19.1 Å². The monoisotopic (exact) mass is 568 g/mol. The fourth-order valence-corrected chi connectivity index (χ4v) is 5.92. The number of rotatable bonds is 8. The number of nitrogens with one attached hydrogen (secondary N) is 1. The van der Waals surface area contributed by atoms with E-state index in [0.717, 1.165) is 50.0 Å². The Morgan fingerprint density at radius 2 is 1.55 bits per heavy atom. The lowest BCUT2D eigenvalue weighted by Gasteiger charge is -2.38. The fraction of sp³-hybridized carbons (Fsp3) is 0.382. The average molecular weight is 569 g/mol. The van der Waals surface area contributed by atoms with E-state index in [2.05, 4.69) is 17.1 Å². The number of nitrogens with zero attached hydrogens (tertiary/aromatic N) is 3. The molecule has 8 nitrogen and oxygen atoms in total. The quantitative estimate of drug-likeness (QED) is 0.393. The van der Waals surface area contributed by atoms with Crippen LogP contribution in [-0.4, -0.2) is 73.9 Å². The van der Waals surface area contributed by atoms with E-state index in [9.17, 15) is 14.4 Å². The first-order chi connectivity index (χ1) is 20.5. The molecule has 2 heterocycles. The molecule has 3 amide bonds. The minimum Gasteiger partial charge on any atom is -0.497 e. The third-order valence-corrected chi connectivity index (χ3v) is 8.30. The molecule has 2 aliphatic rings. The maximum absolute atomic E-state index is 13.8. The predicted molar refractivity (Wildman–Crippen MR) is 165 cm³/mol. The van der Waals surface area contributed by atoms with Crippen molar-refractivity contribution in [1.82, 2.24) is 9.80 Å². The van der Waals surface area contributed by atoms with Crippen LogP contribution >= 0.6 is 0 Å². The van der Waals surface area contributed by atoms with Crippen molar-refractivity contribution in [3.05, 3.63) is 89.5 Å². The normalized spacial score (nSPS) is 16.1. The van der Waals surface area contributed by atoms with Gasteiger partial charge in [0.15, 0.2) is 0 Å². The van der Waals surface area contributed by atoms with Gasteiger partial charge < -0.3 is 24.8 Å². The topological polar surface area (TPSA) is 82.2 Å². The molecule has 2 aliphatic heterocycles. The van der Waals surface area contributed by atoms with Crippen LogP contribution in [0, 0.1) is 0 Å². The predicted octanol–water partition coefficient (Wildman–Crippen LogP) is 5.42. The van der Waals surface area contributed by atoms with Crippen LogP contribution in [0.25, 0.3) is 0 Å². The second-order valence-electron chi connectivity index (χ2n) is 11.0. The highest BCUT2D eigenvalue weighted by atomic mass is 16.5. The number of hydrogen-bond acceptors (Lipinski definition) is 5. The Morgan fingerprint density at radius 1 is 0.810 bits per heavy atom. The molecule has 1 N–H and O–H groups in total. The maximum atomic E-state index is 13.8. The van der Waals surface area contributed by atoms with Crippen LogP contribution in [0.5, 0.6) is 5.75 Å². The first kappa shape index (κ1) is 29.2. The number of likely N-dealkylation sites (tertiary alicyclic amines) is 1. The smallest absolute Gasteiger partial charge is 0.256 e. The lowest BCUT2D eigenvalue weighted by Crippen LogP contribution is -2.50. The Balaban J connectivity index is 1.34. The van der Waals surface area contributed by atoms with Crippen LogP contribution in [0.1, 0.15) is 64.8 Å². The lowest BCUT2D eigenvalue weighted by molar-refractivity contribution is -0.133. The Morgan fingerprint density at radius 3 is 2.24 bits per heavy atom. The molecule has 2 fully saturated rings. The third-order valence-electron chi connectivity index (χ3n) is 8.30. The Bertz CT molecular complexity index is 1400. The zero-order valence-electron chi connectivity index (χ0n) is 24.6.